The van der Waals surface area contributed by atoms with Crippen molar-refractivity contribution < 1.29 is 50.5 Å². The Labute approximate surface area is 171 Å². The molecule has 2 aromatic rings. The van der Waals surface area contributed by atoms with Crippen LogP contribution < -0.4 is 9.47 Å². The van der Waals surface area contributed by atoms with Gasteiger partial charge in [-0.1, -0.05) is 0 Å². The summed E-state index contributed by atoms with van der Waals surface area (Å²) in [5, 5.41) is 8.90. The van der Waals surface area contributed by atoms with Crippen molar-refractivity contribution in [2.45, 2.75) is 19.0 Å². The minimum atomic E-state index is -4.98. The fraction of sp³-hybridized carbons (Fsp3) is 0.200. The van der Waals surface area contributed by atoms with Gasteiger partial charge in [-0.05, 0) is 42.0 Å². The predicted octanol–water partition coefficient (Wildman–Crippen LogP) is 4.98. The number of rotatable bonds is 7. The highest BCUT2D eigenvalue weighted by Gasteiger charge is 2.36. The van der Waals surface area contributed by atoms with Gasteiger partial charge in [0.05, 0.1) is 23.8 Å². The fourth-order valence-electron chi connectivity index (χ4n) is 2.48. The van der Waals surface area contributed by atoms with Crippen LogP contribution in [0.1, 0.15) is 22.3 Å². The van der Waals surface area contributed by atoms with E-state index in [1.807, 2.05) is 0 Å². The van der Waals surface area contributed by atoms with Crippen LogP contribution in [0.15, 0.2) is 42.0 Å². The molecule has 0 aliphatic heterocycles. The zero-order valence-corrected chi connectivity index (χ0v) is 15.7. The lowest BCUT2D eigenvalue weighted by Gasteiger charge is -2.15. The van der Waals surface area contributed by atoms with Gasteiger partial charge in [0.15, 0.2) is 6.29 Å². The maximum absolute atomic E-state index is 12.9. The van der Waals surface area contributed by atoms with Crippen LogP contribution in [0.25, 0.3) is 6.08 Å². The van der Waals surface area contributed by atoms with Crippen molar-refractivity contribution >= 4 is 18.3 Å². The van der Waals surface area contributed by atoms with Crippen LogP contribution >= 0.6 is 0 Å². The van der Waals surface area contributed by atoms with Crippen molar-refractivity contribution in [3.8, 4) is 11.5 Å². The van der Waals surface area contributed by atoms with Crippen molar-refractivity contribution in [3.05, 3.63) is 64.2 Å². The average Bonchev–Trinajstić information content (AvgIpc) is 2.69. The van der Waals surface area contributed by atoms with Gasteiger partial charge in [0.1, 0.15) is 18.1 Å². The van der Waals surface area contributed by atoms with E-state index in [0.717, 1.165) is 6.08 Å². The number of benzene rings is 2. The van der Waals surface area contributed by atoms with Crippen LogP contribution in [-0.4, -0.2) is 24.5 Å². The Morgan fingerprint density at radius 3 is 2.03 bits per heavy atom. The van der Waals surface area contributed by atoms with Gasteiger partial charge in [0.25, 0.3) is 0 Å². The number of carboxylic acid groups (broad SMARTS) is 1. The summed E-state index contributed by atoms with van der Waals surface area (Å²) in [6.07, 6.45) is -8.81. The molecule has 1 N–H and O–H groups in total. The number of methoxy groups -OCH3 is 1. The van der Waals surface area contributed by atoms with E-state index >= 15 is 0 Å². The molecule has 0 aliphatic rings. The minimum absolute atomic E-state index is 0.0146. The molecule has 0 bridgehead atoms. The molecule has 0 heterocycles. The first kappa shape index (κ1) is 23.8. The molecule has 166 valence electrons. The van der Waals surface area contributed by atoms with E-state index < -0.39 is 41.6 Å². The summed E-state index contributed by atoms with van der Waals surface area (Å²) in [5.74, 6) is -1.37. The van der Waals surface area contributed by atoms with Crippen LogP contribution in [0.5, 0.6) is 11.5 Å². The number of hydrogen-bond acceptors (Lipinski definition) is 4. The van der Waals surface area contributed by atoms with Crippen LogP contribution in [0, 0.1) is 0 Å². The summed E-state index contributed by atoms with van der Waals surface area (Å²) in [6.45, 7) is -0.611. The molecule has 31 heavy (non-hydrogen) atoms. The van der Waals surface area contributed by atoms with Crippen molar-refractivity contribution in [1.29, 1.82) is 0 Å². The molecular formula is C20H14F6O5. The number of aliphatic carboxylic acids is 1. The van der Waals surface area contributed by atoms with Crippen molar-refractivity contribution in [2.24, 2.45) is 0 Å². The topological polar surface area (TPSA) is 72.8 Å². The molecule has 0 amide bonds. The predicted molar refractivity (Wildman–Crippen MR) is 95.4 cm³/mol. The van der Waals surface area contributed by atoms with E-state index in [4.69, 9.17) is 14.6 Å². The molecule has 0 atom stereocenters. The molecule has 0 saturated carbocycles. The Bertz CT molecular complexity index is 976. The lowest BCUT2D eigenvalue weighted by molar-refractivity contribution is -0.143. The second-order valence-corrected chi connectivity index (χ2v) is 6.13. The maximum atomic E-state index is 12.9. The van der Waals surface area contributed by atoms with Gasteiger partial charge >= 0.3 is 18.3 Å². The van der Waals surface area contributed by atoms with Gasteiger partial charge < -0.3 is 14.6 Å². The zero-order valence-electron chi connectivity index (χ0n) is 15.7. The lowest BCUT2D eigenvalue weighted by Crippen LogP contribution is -2.12. The highest BCUT2D eigenvalue weighted by molar-refractivity contribution is 6.11. The van der Waals surface area contributed by atoms with Crippen molar-refractivity contribution in [3.63, 3.8) is 0 Å². The van der Waals surface area contributed by atoms with Gasteiger partial charge in [0.2, 0.25) is 0 Å². The van der Waals surface area contributed by atoms with Gasteiger partial charge in [0, 0.05) is 11.6 Å². The summed E-state index contributed by atoms with van der Waals surface area (Å²) >= 11 is 0. The van der Waals surface area contributed by atoms with Crippen LogP contribution in [-0.2, 0) is 28.5 Å². The third kappa shape index (κ3) is 6.24. The summed E-state index contributed by atoms with van der Waals surface area (Å²) in [7, 11) is 1.24. The quantitative estimate of drug-likeness (QED) is 0.213. The third-order valence-electron chi connectivity index (χ3n) is 3.94. The molecule has 0 unspecified atom stereocenters. The first-order valence-electron chi connectivity index (χ1n) is 8.34. The Balaban J connectivity index is 2.32. The largest absolute Gasteiger partial charge is 0.496 e. The Hall–Kier alpha value is -3.50. The van der Waals surface area contributed by atoms with Crippen molar-refractivity contribution in [2.75, 3.05) is 7.11 Å². The number of aldehydes is 1. The highest BCUT2D eigenvalue weighted by atomic mass is 19.4. The molecule has 0 saturated heterocycles. The first-order valence-corrected chi connectivity index (χ1v) is 8.34. The average molecular weight is 448 g/mol. The maximum Gasteiger partial charge on any atom is 0.416 e. The zero-order chi connectivity index (χ0) is 23.4. The fourth-order valence-corrected chi connectivity index (χ4v) is 2.48. The van der Waals surface area contributed by atoms with Gasteiger partial charge in [-0.15, -0.1) is 0 Å². The highest BCUT2D eigenvalue weighted by Crippen LogP contribution is 2.36. The van der Waals surface area contributed by atoms with E-state index in [-0.39, 0.29) is 35.0 Å². The molecule has 0 spiro atoms. The van der Waals surface area contributed by atoms with Crippen LogP contribution in [0.2, 0.25) is 0 Å². The van der Waals surface area contributed by atoms with Gasteiger partial charge in [-0.25, -0.2) is 4.79 Å². The van der Waals surface area contributed by atoms with Crippen molar-refractivity contribution in [1.82, 2.24) is 0 Å². The normalized spacial score (nSPS) is 12.4. The monoisotopic (exact) mass is 448 g/mol. The van der Waals surface area contributed by atoms with E-state index in [1.165, 1.54) is 25.3 Å². The summed E-state index contributed by atoms with van der Waals surface area (Å²) in [4.78, 5) is 21.7. The number of hydrogen-bond donors (Lipinski definition) is 1. The molecule has 11 heteroatoms. The standard InChI is InChI=1S/C20H14F6O5/c1-30-17-8-16(3-2-12(17)6-13(9-27)18(28)29)31-10-11-4-14(19(21,22)23)7-15(5-11)20(24,25)26/h2-9H,10H2,1H3,(H,28,29)/b13-6+. The molecule has 0 aromatic heterocycles. The molecule has 2 rings (SSSR count). The van der Waals surface area contributed by atoms with Crippen LogP contribution in [0.4, 0.5) is 26.3 Å². The van der Waals surface area contributed by atoms with E-state index in [9.17, 15) is 35.9 Å². The Morgan fingerprint density at radius 1 is 1.00 bits per heavy atom. The molecule has 0 radical (unpaired) electrons. The summed E-state index contributed by atoms with van der Waals surface area (Å²) in [6, 6.07) is 4.96. The third-order valence-corrected chi connectivity index (χ3v) is 3.94. The Kier molecular flexibility index (Phi) is 6.98. The summed E-state index contributed by atoms with van der Waals surface area (Å²) in [5.41, 5.74) is -3.66. The first-order chi connectivity index (χ1) is 14.3. The second-order valence-electron chi connectivity index (χ2n) is 6.13. The summed E-state index contributed by atoms with van der Waals surface area (Å²) < 4.78 is 88.0. The number of halogens is 6. The molecule has 5 nitrogen and oxygen atoms in total. The van der Waals surface area contributed by atoms with Crippen LogP contribution in [0.3, 0.4) is 0 Å². The van der Waals surface area contributed by atoms with E-state index in [2.05, 4.69) is 0 Å². The lowest BCUT2D eigenvalue weighted by atomic mass is 10.1. The Morgan fingerprint density at radius 2 is 1.58 bits per heavy atom. The molecule has 2 aromatic carbocycles. The SMILES string of the molecule is COc1cc(OCc2cc(C(F)(F)F)cc(C(F)(F)F)c2)ccc1/C=C(\C=O)C(=O)O. The smallest absolute Gasteiger partial charge is 0.416 e. The van der Waals surface area contributed by atoms with E-state index in [0.29, 0.717) is 12.1 Å². The van der Waals surface area contributed by atoms with E-state index in [1.54, 1.807) is 0 Å². The molecular weight excluding hydrogens is 434 g/mol. The number of carbonyl (C=O) groups is 2. The number of carbonyl (C=O) groups excluding carboxylic acids is 1. The molecule has 0 aliphatic carbocycles. The second kappa shape index (κ2) is 9.11. The number of carboxylic acids is 1. The minimum Gasteiger partial charge on any atom is -0.496 e. The molecule has 0 fully saturated rings. The number of ether oxygens (including phenoxy) is 2. The van der Waals surface area contributed by atoms with Gasteiger partial charge in [-0.3, -0.25) is 4.79 Å². The van der Waals surface area contributed by atoms with Gasteiger partial charge in [-0.2, -0.15) is 26.3 Å². The number of alkyl halides is 6.